The maximum Gasteiger partial charge on any atom is 0.189 e. The number of benzene rings is 1. The van der Waals surface area contributed by atoms with Gasteiger partial charge in [-0.1, -0.05) is 37.5 Å². The van der Waals surface area contributed by atoms with Gasteiger partial charge in [0.2, 0.25) is 0 Å². The zero-order valence-electron chi connectivity index (χ0n) is 12.7. The average molecular weight is 298 g/mol. The Morgan fingerprint density at radius 1 is 1.23 bits per heavy atom. The largest absolute Gasteiger partial charge is 0.370 e. The van der Waals surface area contributed by atoms with Crippen LogP contribution in [0.4, 0.5) is 0 Å². The highest BCUT2D eigenvalue weighted by Gasteiger charge is 2.13. The van der Waals surface area contributed by atoms with Gasteiger partial charge in [0, 0.05) is 6.04 Å². The van der Waals surface area contributed by atoms with Gasteiger partial charge in [-0.25, -0.2) is 14.7 Å². The molecule has 116 valence electrons. The minimum Gasteiger partial charge on any atom is -0.370 e. The van der Waals surface area contributed by atoms with Crippen molar-refractivity contribution in [2.45, 2.75) is 44.7 Å². The van der Waals surface area contributed by atoms with Crippen LogP contribution in [0.15, 0.2) is 41.7 Å². The predicted octanol–water partition coefficient (Wildman–Crippen LogP) is 2.00. The van der Waals surface area contributed by atoms with Crippen LogP contribution in [0.25, 0.3) is 5.69 Å². The fourth-order valence-corrected chi connectivity index (χ4v) is 2.82. The molecule has 1 aromatic heterocycles. The fraction of sp³-hybridized carbons (Fsp3) is 0.438. The standard InChI is InChI=1S/C16H22N6/c17-16(21-13-7-3-1-4-8-13)18-11-15-19-12-20-22(15)14-9-5-2-6-10-14/h2,5-6,9-10,12-13H,1,3-4,7-8,11H2,(H3,17,18,21). The lowest BCUT2D eigenvalue weighted by Gasteiger charge is -2.23. The molecule has 1 aliphatic carbocycles. The van der Waals surface area contributed by atoms with Crippen molar-refractivity contribution >= 4 is 5.96 Å². The maximum atomic E-state index is 5.99. The first-order chi connectivity index (χ1) is 10.8. The van der Waals surface area contributed by atoms with E-state index in [1.165, 1.54) is 32.1 Å². The number of guanidine groups is 1. The Morgan fingerprint density at radius 3 is 2.77 bits per heavy atom. The normalized spacial score (nSPS) is 16.6. The number of hydrogen-bond donors (Lipinski definition) is 2. The van der Waals surface area contributed by atoms with E-state index in [-0.39, 0.29) is 0 Å². The summed E-state index contributed by atoms with van der Waals surface area (Å²) < 4.78 is 1.79. The number of rotatable bonds is 4. The van der Waals surface area contributed by atoms with Crippen molar-refractivity contribution in [3.63, 3.8) is 0 Å². The second-order valence-corrected chi connectivity index (χ2v) is 5.60. The Labute approximate surface area is 130 Å². The van der Waals surface area contributed by atoms with Crippen LogP contribution in [0.2, 0.25) is 0 Å². The molecule has 0 amide bonds. The molecule has 0 saturated heterocycles. The van der Waals surface area contributed by atoms with Crippen molar-refractivity contribution in [2.24, 2.45) is 10.7 Å². The smallest absolute Gasteiger partial charge is 0.189 e. The van der Waals surface area contributed by atoms with Crippen molar-refractivity contribution in [1.29, 1.82) is 0 Å². The van der Waals surface area contributed by atoms with Gasteiger partial charge < -0.3 is 11.1 Å². The van der Waals surface area contributed by atoms with E-state index in [2.05, 4.69) is 20.4 Å². The number of nitrogens with zero attached hydrogens (tertiary/aromatic N) is 4. The van der Waals surface area contributed by atoms with Crippen molar-refractivity contribution < 1.29 is 0 Å². The molecule has 0 spiro atoms. The SMILES string of the molecule is NC(=NCc1ncnn1-c1ccccc1)NC1CCCCC1. The highest BCUT2D eigenvalue weighted by molar-refractivity contribution is 5.78. The Hall–Kier alpha value is -2.37. The van der Waals surface area contributed by atoms with Gasteiger partial charge in [0.25, 0.3) is 0 Å². The Kier molecular flexibility index (Phi) is 4.68. The van der Waals surface area contributed by atoms with Crippen molar-refractivity contribution in [3.8, 4) is 5.69 Å². The Morgan fingerprint density at radius 2 is 2.00 bits per heavy atom. The van der Waals surface area contributed by atoms with E-state index >= 15 is 0 Å². The molecule has 0 atom stereocenters. The topological polar surface area (TPSA) is 81.1 Å². The summed E-state index contributed by atoms with van der Waals surface area (Å²) in [6.45, 7) is 0.417. The molecule has 0 unspecified atom stereocenters. The number of aromatic nitrogens is 3. The monoisotopic (exact) mass is 298 g/mol. The highest BCUT2D eigenvalue weighted by Crippen LogP contribution is 2.17. The lowest BCUT2D eigenvalue weighted by molar-refractivity contribution is 0.412. The van der Waals surface area contributed by atoms with Crippen molar-refractivity contribution in [1.82, 2.24) is 20.1 Å². The third-order valence-electron chi connectivity index (χ3n) is 3.97. The summed E-state index contributed by atoms with van der Waals surface area (Å²) in [5, 5.41) is 7.57. The molecular formula is C16H22N6. The van der Waals surface area contributed by atoms with E-state index in [0.717, 1.165) is 11.5 Å². The lowest BCUT2D eigenvalue weighted by Crippen LogP contribution is -2.41. The van der Waals surface area contributed by atoms with Crippen molar-refractivity contribution in [3.05, 3.63) is 42.5 Å². The molecule has 22 heavy (non-hydrogen) atoms. The number of nitrogens with one attached hydrogen (secondary N) is 1. The molecule has 3 rings (SSSR count). The second kappa shape index (κ2) is 7.06. The van der Waals surface area contributed by atoms with Crippen LogP contribution < -0.4 is 11.1 Å². The van der Waals surface area contributed by atoms with E-state index in [4.69, 9.17) is 5.73 Å². The Balaban J connectivity index is 1.64. The fourth-order valence-electron chi connectivity index (χ4n) is 2.82. The van der Waals surface area contributed by atoms with Crippen LogP contribution in [0.1, 0.15) is 37.9 Å². The highest BCUT2D eigenvalue weighted by atomic mass is 15.3. The molecule has 6 nitrogen and oxygen atoms in total. The number of aliphatic imine (C=N–C) groups is 1. The molecule has 1 saturated carbocycles. The molecule has 0 radical (unpaired) electrons. The van der Waals surface area contributed by atoms with Gasteiger partial charge >= 0.3 is 0 Å². The maximum absolute atomic E-state index is 5.99. The molecule has 1 aromatic carbocycles. The van der Waals surface area contributed by atoms with Gasteiger partial charge in [-0.2, -0.15) is 5.10 Å². The molecule has 6 heteroatoms. The first kappa shape index (κ1) is 14.6. The molecule has 2 aromatic rings. The third-order valence-corrected chi connectivity index (χ3v) is 3.97. The molecule has 1 aliphatic rings. The number of hydrogen-bond acceptors (Lipinski definition) is 3. The first-order valence-corrected chi connectivity index (χ1v) is 7.84. The van der Waals surface area contributed by atoms with Gasteiger partial charge in [0.05, 0.1) is 5.69 Å². The molecule has 0 aliphatic heterocycles. The average Bonchev–Trinajstić information content (AvgIpc) is 3.03. The summed E-state index contributed by atoms with van der Waals surface area (Å²) in [5.41, 5.74) is 6.97. The molecular weight excluding hydrogens is 276 g/mol. The van der Waals surface area contributed by atoms with Gasteiger partial charge in [-0.15, -0.1) is 0 Å². The number of nitrogens with two attached hydrogens (primary N) is 1. The van der Waals surface area contributed by atoms with E-state index in [1.807, 2.05) is 30.3 Å². The summed E-state index contributed by atoms with van der Waals surface area (Å²) in [4.78, 5) is 8.68. The zero-order chi connectivity index (χ0) is 15.2. The molecule has 3 N–H and O–H groups in total. The summed E-state index contributed by atoms with van der Waals surface area (Å²) in [6, 6.07) is 10.4. The van der Waals surface area contributed by atoms with Gasteiger partial charge in [-0.05, 0) is 25.0 Å². The quantitative estimate of drug-likeness (QED) is 0.668. The predicted molar refractivity (Wildman–Crippen MR) is 86.7 cm³/mol. The molecule has 1 fully saturated rings. The van der Waals surface area contributed by atoms with Crippen LogP contribution in [-0.2, 0) is 6.54 Å². The Bertz CT molecular complexity index is 613. The van der Waals surface area contributed by atoms with E-state index in [9.17, 15) is 0 Å². The first-order valence-electron chi connectivity index (χ1n) is 7.84. The minimum absolute atomic E-state index is 0.417. The van der Waals surface area contributed by atoms with Gasteiger partial charge in [0.1, 0.15) is 12.9 Å². The van der Waals surface area contributed by atoms with Gasteiger partial charge in [-0.3, -0.25) is 0 Å². The summed E-state index contributed by atoms with van der Waals surface area (Å²) in [6.07, 6.45) is 7.77. The van der Waals surface area contributed by atoms with E-state index in [0.29, 0.717) is 18.5 Å². The number of para-hydroxylation sites is 1. The molecule has 0 bridgehead atoms. The van der Waals surface area contributed by atoms with Crippen LogP contribution >= 0.6 is 0 Å². The van der Waals surface area contributed by atoms with Crippen molar-refractivity contribution in [2.75, 3.05) is 0 Å². The summed E-state index contributed by atoms with van der Waals surface area (Å²) >= 11 is 0. The minimum atomic E-state index is 0.417. The van der Waals surface area contributed by atoms with Crippen LogP contribution in [0, 0.1) is 0 Å². The van der Waals surface area contributed by atoms with Crippen LogP contribution in [0.5, 0.6) is 0 Å². The lowest BCUT2D eigenvalue weighted by atomic mass is 9.96. The van der Waals surface area contributed by atoms with Crippen LogP contribution in [0.3, 0.4) is 0 Å². The summed E-state index contributed by atoms with van der Waals surface area (Å²) in [5.74, 6) is 1.27. The second-order valence-electron chi connectivity index (χ2n) is 5.60. The molecule has 1 heterocycles. The van der Waals surface area contributed by atoms with E-state index in [1.54, 1.807) is 11.0 Å². The third kappa shape index (κ3) is 3.63. The summed E-state index contributed by atoms with van der Waals surface area (Å²) in [7, 11) is 0. The zero-order valence-corrected chi connectivity index (χ0v) is 12.7. The van der Waals surface area contributed by atoms with E-state index < -0.39 is 0 Å². The van der Waals surface area contributed by atoms with Gasteiger partial charge in [0.15, 0.2) is 11.8 Å². The van der Waals surface area contributed by atoms with Crippen LogP contribution in [-0.4, -0.2) is 26.8 Å².